The first kappa shape index (κ1) is 19.6. The van der Waals surface area contributed by atoms with E-state index >= 15 is 0 Å². The van der Waals surface area contributed by atoms with E-state index in [1.54, 1.807) is 15.9 Å². The Labute approximate surface area is 172 Å². The number of nitrogens with one attached hydrogen (secondary N) is 2. The Balaban J connectivity index is 1.37. The molecule has 0 unspecified atom stereocenters. The minimum Gasteiger partial charge on any atom is -0.423 e. The van der Waals surface area contributed by atoms with Gasteiger partial charge in [-0.15, -0.1) is 0 Å². The number of hydrogen-bond acceptors (Lipinski definition) is 2. The van der Waals surface area contributed by atoms with Crippen LogP contribution in [0.5, 0.6) is 0 Å². The largest absolute Gasteiger partial charge is 0.423 e. The van der Waals surface area contributed by atoms with Gasteiger partial charge in [-0.1, -0.05) is 49.4 Å². The van der Waals surface area contributed by atoms with Crippen LogP contribution in [0.4, 0.5) is 0 Å². The molecule has 4 rings (SSSR count). The molecule has 4 nitrogen and oxygen atoms in total. The van der Waals surface area contributed by atoms with Crippen LogP contribution in [0.3, 0.4) is 0 Å². The van der Waals surface area contributed by atoms with E-state index in [4.69, 9.17) is 4.42 Å². The predicted molar refractivity (Wildman–Crippen MR) is 117 cm³/mol. The second-order valence-corrected chi connectivity index (χ2v) is 7.97. The summed E-state index contributed by atoms with van der Waals surface area (Å²) in [5.74, 6) is 0. The van der Waals surface area contributed by atoms with E-state index in [2.05, 4.69) is 49.4 Å². The molecule has 29 heavy (non-hydrogen) atoms. The molecule has 1 fully saturated rings. The summed E-state index contributed by atoms with van der Waals surface area (Å²) in [4.78, 5) is 15.2. The SMILES string of the molecule is CCc1ccc2oc(=O)cc(C[NH+]3CC[NH+](C/C=C/c4ccccc4)CC3)c2c1. The van der Waals surface area contributed by atoms with Gasteiger partial charge >= 0.3 is 5.63 Å². The summed E-state index contributed by atoms with van der Waals surface area (Å²) in [6.07, 6.45) is 5.49. The Morgan fingerprint density at radius 2 is 1.72 bits per heavy atom. The van der Waals surface area contributed by atoms with E-state index < -0.39 is 0 Å². The summed E-state index contributed by atoms with van der Waals surface area (Å²) >= 11 is 0. The molecule has 4 heteroatoms. The molecule has 2 N–H and O–H groups in total. The molecule has 150 valence electrons. The van der Waals surface area contributed by atoms with Crippen LogP contribution in [0.1, 0.15) is 23.6 Å². The van der Waals surface area contributed by atoms with E-state index in [1.165, 1.54) is 11.1 Å². The minimum atomic E-state index is -0.244. The average Bonchev–Trinajstić information content (AvgIpc) is 2.75. The van der Waals surface area contributed by atoms with Crippen molar-refractivity contribution in [1.82, 2.24) is 0 Å². The van der Waals surface area contributed by atoms with E-state index in [0.717, 1.165) is 56.6 Å². The summed E-state index contributed by atoms with van der Waals surface area (Å²) in [6.45, 7) is 8.69. The number of benzene rings is 2. The summed E-state index contributed by atoms with van der Waals surface area (Å²) in [5, 5.41) is 1.09. The van der Waals surface area contributed by atoms with Crippen LogP contribution in [-0.2, 0) is 13.0 Å². The van der Waals surface area contributed by atoms with Crippen LogP contribution < -0.4 is 15.4 Å². The van der Waals surface area contributed by atoms with Gasteiger partial charge in [-0.3, -0.25) is 0 Å². The van der Waals surface area contributed by atoms with E-state index in [-0.39, 0.29) is 5.63 Å². The van der Waals surface area contributed by atoms with Crippen molar-refractivity contribution in [3.8, 4) is 0 Å². The lowest BCUT2D eigenvalue weighted by atomic mass is 10.0. The number of rotatable bonds is 6. The maximum absolute atomic E-state index is 12.0. The van der Waals surface area contributed by atoms with Crippen molar-refractivity contribution in [3.05, 3.63) is 87.8 Å². The van der Waals surface area contributed by atoms with Gasteiger partial charge in [0.25, 0.3) is 0 Å². The molecular formula is C25H30N2O2+2. The molecule has 0 amide bonds. The average molecular weight is 391 g/mol. The summed E-state index contributed by atoms with van der Waals surface area (Å²) in [7, 11) is 0. The molecule has 1 aliphatic heterocycles. The molecule has 1 saturated heterocycles. The minimum absolute atomic E-state index is 0.244. The Bertz CT molecular complexity index is 1030. The third kappa shape index (κ3) is 5.03. The number of piperazine rings is 1. The van der Waals surface area contributed by atoms with Gasteiger partial charge in [0.1, 0.15) is 38.3 Å². The molecule has 0 spiro atoms. The maximum Gasteiger partial charge on any atom is 0.336 e. The van der Waals surface area contributed by atoms with Crippen molar-refractivity contribution in [2.75, 3.05) is 32.7 Å². The summed E-state index contributed by atoms with van der Waals surface area (Å²) < 4.78 is 5.41. The van der Waals surface area contributed by atoms with Gasteiger partial charge in [-0.2, -0.15) is 0 Å². The first-order valence-electron chi connectivity index (χ1n) is 10.7. The zero-order valence-electron chi connectivity index (χ0n) is 17.1. The quantitative estimate of drug-likeness (QED) is 0.624. The van der Waals surface area contributed by atoms with Crippen molar-refractivity contribution in [1.29, 1.82) is 0 Å². The Hall–Kier alpha value is -2.69. The van der Waals surface area contributed by atoms with Crippen molar-refractivity contribution >= 4 is 17.0 Å². The second kappa shape index (κ2) is 9.21. The zero-order chi connectivity index (χ0) is 20.1. The normalized spacial score (nSPS) is 19.8. The van der Waals surface area contributed by atoms with Gasteiger partial charge in [0.05, 0.1) is 6.54 Å². The van der Waals surface area contributed by atoms with E-state index in [9.17, 15) is 4.79 Å². The molecule has 3 aromatic rings. The highest BCUT2D eigenvalue weighted by molar-refractivity contribution is 5.80. The number of hydrogen-bond donors (Lipinski definition) is 2. The predicted octanol–water partition coefficient (Wildman–Crippen LogP) is 1.35. The summed E-state index contributed by atoms with van der Waals surface area (Å²) in [6, 6.07) is 18.3. The molecule has 1 aromatic heterocycles. The molecule has 0 atom stereocenters. The van der Waals surface area contributed by atoms with Crippen LogP contribution >= 0.6 is 0 Å². The molecular weight excluding hydrogens is 360 g/mol. The topological polar surface area (TPSA) is 39.1 Å². The first-order chi connectivity index (χ1) is 14.2. The lowest BCUT2D eigenvalue weighted by molar-refractivity contribution is -1.02. The van der Waals surface area contributed by atoms with Crippen LogP contribution in [0.25, 0.3) is 17.0 Å². The monoisotopic (exact) mass is 390 g/mol. The molecule has 1 aliphatic rings. The number of aryl methyl sites for hydroxylation is 1. The third-order valence-electron chi connectivity index (χ3n) is 5.92. The fourth-order valence-corrected chi connectivity index (χ4v) is 4.17. The molecule has 0 aliphatic carbocycles. The molecule has 2 heterocycles. The van der Waals surface area contributed by atoms with Crippen LogP contribution in [0, 0.1) is 0 Å². The maximum atomic E-state index is 12.0. The summed E-state index contributed by atoms with van der Waals surface area (Å²) in [5.41, 5.74) is 4.12. The van der Waals surface area contributed by atoms with Crippen molar-refractivity contribution in [2.45, 2.75) is 19.9 Å². The Kier molecular flexibility index (Phi) is 6.23. The smallest absolute Gasteiger partial charge is 0.336 e. The lowest BCUT2D eigenvalue weighted by Crippen LogP contribution is -3.27. The molecule has 0 saturated carbocycles. The lowest BCUT2D eigenvalue weighted by Gasteiger charge is -2.29. The van der Waals surface area contributed by atoms with Gasteiger partial charge in [0.15, 0.2) is 0 Å². The Morgan fingerprint density at radius 3 is 2.48 bits per heavy atom. The van der Waals surface area contributed by atoms with Gasteiger partial charge < -0.3 is 14.2 Å². The highest BCUT2D eigenvalue weighted by atomic mass is 16.4. The van der Waals surface area contributed by atoms with Gasteiger partial charge in [-0.25, -0.2) is 4.79 Å². The van der Waals surface area contributed by atoms with E-state index in [1.807, 2.05) is 18.2 Å². The fourth-order valence-electron chi connectivity index (χ4n) is 4.17. The van der Waals surface area contributed by atoms with Crippen molar-refractivity contribution in [3.63, 3.8) is 0 Å². The van der Waals surface area contributed by atoms with Gasteiger partial charge in [0.2, 0.25) is 0 Å². The second-order valence-electron chi connectivity index (χ2n) is 7.97. The van der Waals surface area contributed by atoms with Crippen molar-refractivity contribution < 1.29 is 14.2 Å². The molecule has 2 aromatic carbocycles. The standard InChI is InChI=1S/C25H28N2O2/c1-2-20-10-11-24-23(17-20)22(18-25(28)29-24)19-27-15-13-26(14-16-27)12-6-9-21-7-4-3-5-8-21/h3-11,17-18H,2,12-16,19H2,1H3/p+2/b9-6+. The number of quaternary nitrogens is 2. The highest BCUT2D eigenvalue weighted by Gasteiger charge is 2.23. The van der Waals surface area contributed by atoms with Gasteiger partial charge in [0, 0.05) is 17.0 Å². The molecule has 0 radical (unpaired) electrons. The zero-order valence-corrected chi connectivity index (χ0v) is 17.1. The van der Waals surface area contributed by atoms with Crippen LogP contribution in [0.15, 0.2) is 69.9 Å². The fraction of sp³-hybridized carbons (Fsp3) is 0.320. The van der Waals surface area contributed by atoms with Crippen LogP contribution in [-0.4, -0.2) is 32.7 Å². The third-order valence-corrected chi connectivity index (χ3v) is 5.92. The highest BCUT2D eigenvalue weighted by Crippen LogP contribution is 2.18. The first-order valence-corrected chi connectivity index (χ1v) is 10.7. The number of fused-ring (bicyclic) bond motifs is 1. The van der Waals surface area contributed by atoms with Crippen LogP contribution in [0.2, 0.25) is 0 Å². The van der Waals surface area contributed by atoms with Gasteiger partial charge in [-0.05, 0) is 35.8 Å². The molecule has 0 bridgehead atoms. The Morgan fingerprint density at radius 1 is 0.966 bits per heavy atom. The van der Waals surface area contributed by atoms with E-state index in [0.29, 0.717) is 5.58 Å². The van der Waals surface area contributed by atoms with Crippen molar-refractivity contribution in [2.24, 2.45) is 0 Å².